The maximum absolute atomic E-state index is 10.9. The molecule has 0 saturated heterocycles. The Morgan fingerprint density at radius 1 is 1.16 bits per heavy atom. The van der Waals surface area contributed by atoms with Crippen molar-refractivity contribution in [2.45, 2.75) is 0 Å². The number of hydrogen-bond donors (Lipinski definition) is 0. The van der Waals surface area contributed by atoms with Crippen molar-refractivity contribution in [1.29, 1.82) is 0 Å². The number of carbonyl (C=O) groups is 1. The minimum Gasteiger partial charge on any atom is -0.449 e. The predicted octanol–water partition coefficient (Wildman–Crippen LogP) is 3.85. The molecule has 0 radical (unpaired) electrons. The molecule has 5 nitrogen and oxygen atoms in total. The fraction of sp³-hybridized carbons (Fsp3) is 0. The normalized spacial score (nSPS) is 9.95. The highest BCUT2D eigenvalue weighted by molar-refractivity contribution is 6.32. The lowest BCUT2D eigenvalue weighted by molar-refractivity contribution is -0.385. The number of nitro benzene ring substituents is 1. The molecule has 0 amide bonds. The number of nitro groups is 1. The number of aldehydes is 1. The summed E-state index contributed by atoms with van der Waals surface area (Å²) in [6, 6.07) is 10.6. The summed E-state index contributed by atoms with van der Waals surface area (Å²) >= 11 is 5.91. The fourth-order valence-corrected chi connectivity index (χ4v) is 1.66. The van der Waals surface area contributed by atoms with Crippen LogP contribution in [0.2, 0.25) is 5.02 Å². The van der Waals surface area contributed by atoms with Crippen LogP contribution in [0.25, 0.3) is 0 Å². The van der Waals surface area contributed by atoms with Crippen LogP contribution in [0.3, 0.4) is 0 Å². The highest BCUT2D eigenvalue weighted by Gasteiger charge is 2.17. The average molecular weight is 278 g/mol. The Morgan fingerprint density at radius 2 is 1.89 bits per heavy atom. The SMILES string of the molecule is O=Cc1ccc(Oc2ccccc2Cl)c([N+](=O)[O-])c1. The molecule has 0 unspecified atom stereocenters. The van der Waals surface area contributed by atoms with Gasteiger partial charge in [0.15, 0.2) is 0 Å². The maximum atomic E-state index is 10.9. The van der Waals surface area contributed by atoms with Crippen LogP contribution in [0, 0.1) is 10.1 Å². The number of halogens is 1. The lowest BCUT2D eigenvalue weighted by Gasteiger charge is -2.07. The molecule has 0 aromatic heterocycles. The summed E-state index contributed by atoms with van der Waals surface area (Å²) in [7, 11) is 0. The molecule has 2 aromatic carbocycles. The van der Waals surface area contributed by atoms with Crippen LogP contribution in [0.5, 0.6) is 11.5 Å². The van der Waals surface area contributed by atoms with Gasteiger partial charge in [-0.1, -0.05) is 23.7 Å². The molecular weight excluding hydrogens is 270 g/mol. The second kappa shape index (κ2) is 5.49. The van der Waals surface area contributed by atoms with E-state index in [1.807, 2.05) is 0 Å². The van der Waals surface area contributed by atoms with E-state index in [0.717, 1.165) is 6.07 Å². The third kappa shape index (κ3) is 2.89. The van der Waals surface area contributed by atoms with Gasteiger partial charge < -0.3 is 4.74 Å². The molecule has 19 heavy (non-hydrogen) atoms. The van der Waals surface area contributed by atoms with Gasteiger partial charge in [-0.05, 0) is 24.3 Å². The second-order valence-electron chi connectivity index (χ2n) is 3.63. The fourth-order valence-electron chi connectivity index (χ4n) is 1.48. The van der Waals surface area contributed by atoms with Gasteiger partial charge >= 0.3 is 5.69 Å². The standard InChI is InChI=1S/C13H8ClNO4/c14-10-3-1-2-4-12(10)19-13-6-5-9(8-16)7-11(13)15(17)18/h1-8H. The summed E-state index contributed by atoms with van der Waals surface area (Å²) in [5.41, 5.74) is -0.0808. The van der Waals surface area contributed by atoms with Gasteiger partial charge in [-0.3, -0.25) is 14.9 Å². The zero-order chi connectivity index (χ0) is 13.8. The first kappa shape index (κ1) is 13.0. The molecule has 0 bridgehead atoms. The minimum atomic E-state index is -0.612. The Bertz CT molecular complexity index is 642. The summed E-state index contributed by atoms with van der Waals surface area (Å²) in [5.74, 6) is 0.342. The van der Waals surface area contributed by atoms with Gasteiger partial charge in [-0.25, -0.2) is 0 Å². The van der Waals surface area contributed by atoms with Crippen molar-refractivity contribution in [3.63, 3.8) is 0 Å². The molecule has 0 aliphatic carbocycles. The first-order valence-corrected chi connectivity index (χ1v) is 5.65. The van der Waals surface area contributed by atoms with Crippen LogP contribution in [-0.2, 0) is 0 Å². The first-order chi connectivity index (χ1) is 9.11. The van der Waals surface area contributed by atoms with Gasteiger partial charge in [0.1, 0.15) is 12.0 Å². The van der Waals surface area contributed by atoms with E-state index in [0.29, 0.717) is 17.1 Å². The summed E-state index contributed by atoms with van der Waals surface area (Å²) < 4.78 is 5.41. The van der Waals surface area contributed by atoms with Gasteiger partial charge in [-0.2, -0.15) is 0 Å². The quantitative estimate of drug-likeness (QED) is 0.483. The third-order valence-corrected chi connectivity index (χ3v) is 2.68. The topological polar surface area (TPSA) is 69.4 Å². The van der Waals surface area contributed by atoms with Crippen molar-refractivity contribution in [3.05, 3.63) is 63.2 Å². The van der Waals surface area contributed by atoms with E-state index in [4.69, 9.17) is 16.3 Å². The Hall–Kier alpha value is -2.40. The molecule has 0 aliphatic rings. The van der Waals surface area contributed by atoms with Crippen LogP contribution in [0.1, 0.15) is 10.4 Å². The molecule has 0 saturated carbocycles. The molecule has 0 N–H and O–H groups in total. The van der Waals surface area contributed by atoms with E-state index in [-0.39, 0.29) is 17.0 Å². The Morgan fingerprint density at radius 3 is 2.53 bits per heavy atom. The monoisotopic (exact) mass is 277 g/mol. The molecule has 0 fully saturated rings. The molecule has 0 aliphatic heterocycles. The van der Waals surface area contributed by atoms with Crippen LogP contribution in [-0.4, -0.2) is 11.2 Å². The van der Waals surface area contributed by atoms with E-state index in [1.165, 1.54) is 12.1 Å². The zero-order valence-electron chi connectivity index (χ0n) is 9.58. The van der Waals surface area contributed by atoms with E-state index in [9.17, 15) is 14.9 Å². The molecule has 0 heterocycles. The highest BCUT2D eigenvalue weighted by Crippen LogP contribution is 2.34. The molecule has 96 valence electrons. The van der Waals surface area contributed by atoms with Gasteiger partial charge in [0.2, 0.25) is 5.75 Å². The summed E-state index contributed by atoms with van der Waals surface area (Å²) in [6.45, 7) is 0. The highest BCUT2D eigenvalue weighted by atomic mass is 35.5. The Labute approximate surface area is 113 Å². The summed E-state index contributed by atoms with van der Waals surface area (Å²) in [4.78, 5) is 21.0. The lowest BCUT2D eigenvalue weighted by atomic mass is 10.2. The van der Waals surface area contributed by atoms with E-state index in [1.54, 1.807) is 24.3 Å². The molecule has 2 rings (SSSR count). The number of para-hydroxylation sites is 1. The second-order valence-corrected chi connectivity index (χ2v) is 4.04. The number of nitrogens with zero attached hydrogens (tertiary/aromatic N) is 1. The van der Waals surface area contributed by atoms with Crippen LogP contribution >= 0.6 is 11.6 Å². The van der Waals surface area contributed by atoms with Gasteiger partial charge in [-0.15, -0.1) is 0 Å². The lowest BCUT2D eigenvalue weighted by Crippen LogP contribution is -1.95. The number of carbonyl (C=O) groups excluding carboxylic acids is 1. The average Bonchev–Trinajstić information content (AvgIpc) is 2.41. The minimum absolute atomic E-state index is 0.0312. The summed E-state index contributed by atoms with van der Waals surface area (Å²) in [6.07, 6.45) is 0.534. The zero-order valence-corrected chi connectivity index (χ0v) is 10.3. The smallest absolute Gasteiger partial charge is 0.312 e. The van der Waals surface area contributed by atoms with E-state index < -0.39 is 4.92 Å². The number of ether oxygens (including phenoxy) is 1. The van der Waals surface area contributed by atoms with E-state index in [2.05, 4.69) is 0 Å². The van der Waals surface area contributed by atoms with Crippen molar-refractivity contribution in [2.24, 2.45) is 0 Å². The van der Waals surface area contributed by atoms with Crippen LogP contribution in [0.15, 0.2) is 42.5 Å². The van der Waals surface area contributed by atoms with Crippen molar-refractivity contribution in [2.75, 3.05) is 0 Å². The van der Waals surface area contributed by atoms with Crippen molar-refractivity contribution in [1.82, 2.24) is 0 Å². The van der Waals surface area contributed by atoms with Crippen molar-refractivity contribution < 1.29 is 14.5 Å². The largest absolute Gasteiger partial charge is 0.449 e. The van der Waals surface area contributed by atoms with Crippen molar-refractivity contribution in [3.8, 4) is 11.5 Å². The number of benzene rings is 2. The molecule has 6 heteroatoms. The van der Waals surface area contributed by atoms with Crippen molar-refractivity contribution >= 4 is 23.6 Å². The number of hydrogen-bond acceptors (Lipinski definition) is 4. The van der Waals surface area contributed by atoms with Crippen LogP contribution < -0.4 is 4.74 Å². The third-order valence-electron chi connectivity index (χ3n) is 2.37. The Kier molecular flexibility index (Phi) is 3.77. The number of rotatable bonds is 4. The Balaban J connectivity index is 2.43. The summed E-state index contributed by atoms with van der Waals surface area (Å²) in [5, 5.41) is 11.3. The van der Waals surface area contributed by atoms with Gasteiger partial charge in [0.05, 0.1) is 9.95 Å². The van der Waals surface area contributed by atoms with Crippen LogP contribution in [0.4, 0.5) is 5.69 Å². The molecule has 0 spiro atoms. The van der Waals surface area contributed by atoms with Gasteiger partial charge in [0, 0.05) is 11.6 Å². The maximum Gasteiger partial charge on any atom is 0.312 e. The predicted molar refractivity (Wildman–Crippen MR) is 70.0 cm³/mol. The first-order valence-electron chi connectivity index (χ1n) is 5.28. The molecule has 0 atom stereocenters. The molecular formula is C13H8ClNO4. The van der Waals surface area contributed by atoms with Gasteiger partial charge in [0.25, 0.3) is 0 Å². The molecule has 2 aromatic rings. The van der Waals surface area contributed by atoms with E-state index >= 15 is 0 Å².